The first kappa shape index (κ1) is 12.7. The van der Waals surface area contributed by atoms with Crippen molar-refractivity contribution in [1.82, 2.24) is 5.01 Å². The number of hydrogen-bond acceptors (Lipinski definition) is 4. The van der Waals surface area contributed by atoms with Gasteiger partial charge in [-0.05, 0) is 56.9 Å². The van der Waals surface area contributed by atoms with Crippen LogP contribution in [0.1, 0.15) is 38.7 Å². The van der Waals surface area contributed by atoms with Crippen molar-refractivity contribution in [2.24, 2.45) is 5.10 Å². The zero-order valence-corrected chi connectivity index (χ0v) is 10.9. The largest absolute Gasteiger partial charge is 0.504 e. The Balaban J connectivity index is 2.11. The maximum atomic E-state index is 9.42. The Morgan fingerprint density at radius 1 is 1.17 bits per heavy atom. The van der Waals surface area contributed by atoms with Gasteiger partial charge in [-0.2, -0.15) is 5.10 Å². The normalized spacial score (nSPS) is 24.7. The molecule has 0 aliphatic carbocycles. The molecule has 0 aromatic heterocycles. The van der Waals surface area contributed by atoms with E-state index in [1.165, 1.54) is 31.4 Å². The average molecular weight is 248 g/mol. The minimum absolute atomic E-state index is 0.105. The monoisotopic (exact) mass is 248 g/mol. The number of hydrazone groups is 1. The molecule has 0 saturated carbocycles. The minimum Gasteiger partial charge on any atom is -0.504 e. The van der Waals surface area contributed by atoms with E-state index in [9.17, 15) is 10.2 Å². The van der Waals surface area contributed by atoms with Crippen molar-refractivity contribution < 1.29 is 10.2 Å². The lowest BCUT2D eigenvalue weighted by molar-refractivity contribution is 0.109. The molecular weight excluding hydrogens is 228 g/mol. The second-order valence-electron chi connectivity index (χ2n) is 5.00. The topological polar surface area (TPSA) is 56.1 Å². The molecule has 2 rings (SSSR count). The molecule has 1 aliphatic heterocycles. The molecule has 4 heteroatoms. The van der Waals surface area contributed by atoms with Crippen molar-refractivity contribution in [3.8, 4) is 11.5 Å². The van der Waals surface area contributed by atoms with Crippen LogP contribution in [0.25, 0.3) is 0 Å². The Morgan fingerprint density at radius 3 is 2.44 bits per heavy atom. The van der Waals surface area contributed by atoms with Crippen molar-refractivity contribution in [1.29, 1.82) is 0 Å². The summed E-state index contributed by atoms with van der Waals surface area (Å²) in [7, 11) is 0. The first-order valence-electron chi connectivity index (χ1n) is 6.42. The summed E-state index contributed by atoms with van der Waals surface area (Å²) in [6, 6.07) is 5.63. The number of aromatic hydroxyl groups is 2. The van der Waals surface area contributed by atoms with Crippen LogP contribution in [-0.2, 0) is 0 Å². The Bertz CT molecular complexity index is 435. The third-order valence-corrected chi connectivity index (χ3v) is 3.49. The lowest BCUT2D eigenvalue weighted by Gasteiger charge is -2.36. The van der Waals surface area contributed by atoms with Crippen LogP contribution in [0, 0.1) is 0 Å². The van der Waals surface area contributed by atoms with Gasteiger partial charge in [0.2, 0.25) is 0 Å². The molecule has 0 bridgehead atoms. The van der Waals surface area contributed by atoms with Crippen molar-refractivity contribution in [2.75, 3.05) is 0 Å². The molecule has 0 spiro atoms. The van der Waals surface area contributed by atoms with Gasteiger partial charge in [0.1, 0.15) is 0 Å². The molecule has 98 valence electrons. The third-order valence-electron chi connectivity index (χ3n) is 3.49. The number of benzene rings is 1. The summed E-state index contributed by atoms with van der Waals surface area (Å²) in [6.45, 7) is 4.36. The van der Waals surface area contributed by atoms with Gasteiger partial charge in [-0.25, -0.2) is 0 Å². The van der Waals surface area contributed by atoms with E-state index in [1.807, 2.05) is 0 Å². The maximum absolute atomic E-state index is 9.42. The summed E-state index contributed by atoms with van der Waals surface area (Å²) in [5.74, 6) is -0.217. The molecule has 2 N–H and O–H groups in total. The molecule has 1 aromatic rings. The second kappa shape index (κ2) is 5.29. The van der Waals surface area contributed by atoms with Gasteiger partial charge in [0.15, 0.2) is 11.5 Å². The van der Waals surface area contributed by atoms with Gasteiger partial charge >= 0.3 is 0 Å². The standard InChI is InChI=1S/C14H20N2O2/c1-10-4-3-5-11(2)16(10)15-9-12-6-7-13(17)14(18)8-12/h6-11,17-18H,3-5H2,1-2H3/b15-9+/t10-,11-/m1/s1. The van der Waals surface area contributed by atoms with Gasteiger partial charge < -0.3 is 10.2 Å². The minimum atomic E-state index is -0.112. The first-order chi connectivity index (χ1) is 8.58. The molecule has 4 nitrogen and oxygen atoms in total. The summed E-state index contributed by atoms with van der Waals surface area (Å²) in [4.78, 5) is 0. The molecule has 1 saturated heterocycles. The highest BCUT2D eigenvalue weighted by atomic mass is 16.3. The molecule has 0 amide bonds. The van der Waals surface area contributed by atoms with Gasteiger partial charge in [0.25, 0.3) is 0 Å². The Morgan fingerprint density at radius 2 is 1.83 bits per heavy atom. The Labute approximate surface area is 108 Å². The fourth-order valence-corrected chi connectivity index (χ4v) is 2.39. The van der Waals surface area contributed by atoms with Gasteiger partial charge in [-0.1, -0.05) is 0 Å². The summed E-state index contributed by atoms with van der Waals surface area (Å²) in [5.41, 5.74) is 0.787. The quantitative estimate of drug-likeness (QED) is 0.625. The van der Waals surface area contributed by atoms with Crippen LogP contribution >= 0.6 is 0 Å². The molecule has 1 aromatic carbocycles. The SMILES string of the molecule is C[C@@H]1CCC[C@@H](C)N1/N=C/c1ccc(O)c(O)c1. The smallest absolute Gasteiger partial charge is 0.158 e. The van der Waals surface area contributed by atoms with Crippen molar-refractivity contribution in [3.63, 3.8) is 0 Å². The summed E-state index contributed by atoms with van der Waals surface area (Å²) < 4.78 is 0. The highest BCUT2D eigenvalue weighted by Crippen LogP contribution is 2.25. The first-order valence-corrected chi connectivity index (χ1v) is 6.42. The van der Waals surface area contributed by atoms with E-state index in [1.54, 1.807) is 12.3 Å². The molecule has 2 atom stereocenters. The van der Waals surface area contributed by atoms with E-state index >= 15 is 0 Å². The van der Waals surface area contributed by atoms with Gasteiger partial charge in [-0.15, -0.1) is 0 Å². The second-order valence-corrected chi connectivity index (χ2v) is 5.00. The van der Waals surface area contributed by atoms with Gasteiger partial charge in [-0.3, -0.25) is 5.01 Å². The molecule has 0 unspecified atom stereocenters. The molecule has 1 heterocycles. The average Bonchev–Trinajstić information content (AvgIpc) is 2.33. The predicted octanol–water partition coefficient (Wildman–Crippen LogP) is 2.69. The van der Waals surface area contributed by atoms with Crippen LogP contribution in [0.15, 0.2) is 23.3 Å². The fourth-order valence-electron chi connectivity index (χ4n) is 2.39. The Kier molecular flexibility index (Phi) is 3.75. The molecule has 0 radical (unpaired) electrons. The number of nitrogens with zero attached hydrogens (tertiary/aromatic N) is 2. The van der Waals surface area contributed by atoms with Crippen molar-refractivity contribution in [3.05, 3.63) is 23.8 Å². The highest BCUT2D eigenvalue weighted by molar-refractivity contribution is 5.80. The predicted molar refractivity (Wildman–Crippen MR) is 72.0 cm³/mol. The zero-order chi connectivity index (χ0) is 13.1. The van der Waals surface area contributed by atoms with Crippen molar-refractivity contribution >= 4 is 6.21 Å². The van der Waals surface area contributed by atoms with E-state index in [4.69, 9.17) is 0 Å². The van der Waals surface area contributed by atoms with Crippen LogP contribution in [0.2, 0.25) is 0 Å². The van der Waals surface area contributed by atoms with Crippen LogP contribution in [0.4, 0.5) is 0 Å². The van der Waals surface area contributed by atoms with Gasteiger partial charge in [0.05, 0.1) is 6.21 Å². The third kappa shape index (κ3) is 2.75. The van der Waals surface area contributed by atoms with Crippen LogP contribution in [-0.4, -0.2) is 33.5 Å². The number of phenolic OH excluding ortho intramolecular Hbond substituents is 2. The molecular formula is C14H20N2O2. The maximum Gasteiger partial charge on any atom is 0.158 e. The van der Waals surface area contributed by atoms with E-state index < -0.39 is 0 Å². The van der Waals surface area contributed by atoms with Crippen LogP contribution in [0.3, 0.4) is 0 Å². The number of phenols is 2. The summed E-state index contributed by atoms with van der Waals surface area (Å²) in [6.07, 6.45) is 5.33. The molecule has 1 aliphatic rings. The summed E-state index contributed by atoms with van der Waals surface area (Å²) in [5, 5.41) is 25.3. The van der Waals surface area contributed by atoms with Crippen molar-refractivity contribution in [2.45, 2.75) is 45.2 Å². The summed E-state index contributed by atoms with van der Waals surface area (Å²) >= 11 is 0. The lowest BCUT2D eigenvalue weighted by Crippen LogP contribution is -2.39. The molecule has 18 heavy (non-hydrogen) atoms. The lowest BCUT2D eigenvalue weighted by atomic mass is 10.00. The number of hydrogen-bond donors (Lipinski definition) is 2. The number of piperidine rings is 1. The van der Waals surface area contributed by atoms with E-state index in [0.29, 0.717) is 12.1 Å². The zero-order valence-electron chi connectivity index (χ0n) is 10.9. The van der Waals surface area contributed by atoms with E-state index in [2.05, 4.69) is 24.0 Å². The molecule has 1 fully saturated rings. The van der Waals surface area contributed by atoms with Gasteiger partial charge in [0, 0.05) is 12.1 Å². The number of rotatable bonds is 2. The Hall–Kier alpha value is -1.71. The van der Waals surface area contributed by atoms with E-state index in [0.717, 1.165) is 5.56 Å². The van der Waals surface area contributed by atoms with E-state index in [-0.39, 0.29) is 11.5 Å². The van der Waals surface area contributed by atoms with Crippen LogP contribution in [0.5, 0.6) is 11.5 Å². The van der Waals surface area contributed by atoms with Crippen LogP contribution < -0.4 is 0 Å². The fraction of sp³-hybridized carbons (Fsp3) is 0.500. The highest BCUT2D eigenvalue weighted by Gasteiger charge is 2.22.